The van der Waals surface area contributed by atoms with E-state index >= 15 is 0 Å². The summed E-state index contributed by atoms with van der Waals surface area (Å²) in [5.74, 6) is -0.148. The Kier molecular flexibility index (Phi) is 5.33. The van der Waals surface area contributed by atoms with E-state index < -0.39 is 0 Å². The van der Waals surface area contributed by atoms with E-state index in [1.807, 2.05) is 13.8 Å². The Balaban J connectivity index is 1.46. The number of benzene rings is 1. The van der Waals surface area contributed by atoms with Crippen molar-refractivity contribution in [3.63, 3.8) is 0 Å². The fraction of sp³-hybridized carbons (Fsp3) is 0.160. The van der Waals surface area contributed by atoms with Crippen molar-refractivity contribution in [3.05, 3.63) is 81.2 Å². The summed E-state index contributed by atoms with van der Waals surface area (Å²) in [5.41, 5.74) is 4.00. The molecule has 5 aromatic rings. The zero-order valence-electron chi connectivity index (χ0n) is 19.0. The molecule has 8 nitrogen and oxygen atoms in total. The maximum atomic E-state index is 13.3. The quantitative estimate of drug-likeness (QED) is 0.358. The minimum atomic E-state index is -0.312. The Morgan fingerprint density at radius 1 is 1.09 bits per heavy atom. The molecule has 0 spiro atoms. The van der Waals surface area contributed by atoms with Crippen LogP contribution in [0.1, 0.15) is 42.0 Å². The standard InChI is InChI=1S/C25H21N5O3S/c1-13-11-18(15(3)34-13)20-12-19(21-14(2)29-33-25(21)28-20)24(32)27-17-7-5-16(6-8-17)22(31)23-26-9-10-30(23)4/h5-12H,1-4H3,(H,27,32). The molecule has 0 aliphatic rings. The summed E-state index contributed by atoms with van der Waals surface area (Å²) in [7, 11) is 1.77. The van der Waals surface area contributed by atoms with Gasteiger partial charge in [-0.15, -0.1) is 11.3 Å². The van der Waals surface area contributed by atoms with Crippen LogP contribution in [0, 0.1) is 20.8 Å². The van der Waals surface area contributed by atoms with Crippen LogP contribution in [-0.4, -0.2) is 31.4 Å². The van der Waals surface area contributed by atoms with Gasteiger partial charge in [-0.05, 0) is 57.2 Å². The fourth-order valence-electron chi connectivity index (χ4n) is 3.91. The Bertz CT molecular complexity index is 1560. The van der Waals surface area contributed by atoms with Crippen LogP contribution in [0.5, 0.6) is 0 Å². The summed E-state index contributed by atoms with van der Waals surface area (Å²) in [6.45, 7) is 5.84. The van der Waals surface area contributed by atoms with Gasteiger partial charge in [0.1, 0.15) is 0 Å². The van der Waals surface area contributed by atoms with Gasteiger partial charge in [0.15, 0.2) is 5.82 Å². The first-order valence-corrected chi connectivity index (χ1v) is 11.4. The second-order valence-electron chi connectivity index (χ2n) is 8.05. The largest absolute Gasteiger partial charge is 0.335 e. The molecular formula is C25H21N5O3S. The van der Waals surface area contributed by atoms with E-state index in [9.17, 15) is 9.59 Å². The second kappa shape index (κ2) is 8.35. The van der Waals surface area contributed by atoms with Crippen molar-refractivity contribution in [1.82, 2.24) is 19.7 Å². The predicted molar refractivity (Wildman–Crippen MR) is 130 cm³/mol. The van der Waals surface area contributed by atoms with Crippen LogP contribution < -0.4 is 5.32 Å². The number of rotatable bonds is 5. The smallest absolute Gasteiger partial charge is 0.259 e. The molecule has 0 aliphatic heterocycles. The summed E-state index contributed by atoms with van der Waals surface area (Å²) in [6, 6.07) is 10.6. The minimum absolute atomic E-state index is 0.188. The van der Waals surface area contributed by atoms with Crippen LogP contribution in [0.4, 0.5) is 5.69 Å². The molecule has 0 saturated heterocycles. The van der Waals surface area contributed by atoms with Crippen LogP contribution >= 0.6 is 11.3 Å². The van der Waals surface area contributed by atoms with Crippen molar-refractivity contribution in [1.29, 1.82) is 0 Å². The van der Waals surface area contributed by atoms with Crippen molar-refractivity contribution >= 4 is 39.8 Å². The number of imidazole rings is 1. The lowest BCUT2D eigenvalue weighted by Gasteiger charge is -2.09. The highest BCUT2D eigenvalue weighted by atomic mass is 32.1. The topological polar surface area (TPSA) is 103 Å². The van der Waals surface area contributed by atoms with Crippen molar-refractivity contribution in [2.45, 2.75) is 20.8 Å². The third-order valence-electron chi connectivity index (χ3n) is 5.61. The molecule has 1 aromatic carbocycles. The molecule has 34 heavy (non-hydrogen) atoms. The molecule has 4 aromatic heterocycles. The Hall–Kier alpha value is -4.11. The van der Waals surface area contributed by atoms with Gasteiger partial charge >= 0.3 is 0 Å². The zero-order chi connectivity index (χ0) is 24.0. The first-order valence-electron chi connectivity index (χ1n) is 10.6. The molecule has 0 atom stereocenters. The average Bonchev–Trinajstić information content (AvgIpc) is 3.51. The van der Waals surface area contributed by atoms with E-state index in [-0.39, 0.29) is 11.7 Å². The highest BCUT2D eigenvalue weighted by Gasteiger charge is 2.21. The Labute approximate surface area is 199 Å². The molecule has 0 unspecified atom stereocenters. The highest BCUT2D eigenvalue weighted by molar-refractivity contribution is 7.12. The molecule has 0 radical (unpaired) electrons. The summed E-state index contributed by atoms with van der Waals surface area (Å²) >= 11 is 1.67. The first kappa shape index (κ1) is 21.7. The number of aryl methyl sites for hydroxylation is 4. The van der Waals surface area contributed by atoms with Crippen molar-refractivity contribution in [3.8, 4) is 11.3 Å². The van der Waals surface area contributed by atoms with Gasteiger partial charge < -0.3 is 14.4 Å². The van der Waals surface area contributed by atoms with Gasteiger partial charge in [0.25, 0.3) is 11.6 Å². The van der Waals surface area contributed by atoms with E-state index in [1.54, 1.807) is 72.6 Å². The van der Waals surface area contributed by atoms with Crippen LogP contribution in [0.15, 0.2) is 53.3 Å². The number of nitrogens with one attached hydrogen (secondary N) is 1. The van der Waals surface area contributed by atoms with Crippen molar-refractivity contribution in [2.24, 2.45) is 7.05 Å². The molecule has 0 fully saturated rings. The number of amides is 1. The van der Waals surface area contributed by atoms with Gasteiger partial charge in [-0.1, -0.05) is 5.16 Å². The number of fused-ring (bicyclic) bond motifs is 1. The SMILES string of the molecule is Cc1cc(-c2cc(C(=O)Nc3ccc(C(=O)c4nccn4C)cc3)c3c(C)noc3n2)c(C)s1. The maximum absolute atomic E-state index is 13.3. The number of aromatic nitrogens is 4. The number of thiophene rings is 1. The van der Waals surface area contributed by atoms with Gasteiger partial charge in [0.05, 0.1) is 22.3 Å². The maximum Gasteiger partial charge on any atom is 0.259 e. The van der Waals surface area contributed by atoms with Crippen molar-refractivity contribution in [2.75, 3.05) is 5.32 Å². The summed E-state index contributed by atoms with van der Waals surface area (Å²) in [4.78, 5) is 36.9. The third-order valence-corrected chi connectivity index (χ3v) is 6.57. The lowest BCUT2D eigenvalue weighted by molar-refractivity contribution is 0.102. The first-order chi connectivity index (χ1) is 16.3. The normalized spacial score (nSPS) is 11.2. The molecule has 4 heterocycles. The lowest BCUT2D eigenvalue weighted by Crippen LogP contribution is -2.13. The molecule has 5 rings (SSSR count). The Morgan fingerprint density at radius 2 is 1.85 bits per heavy atom. The van der Waals surface area contributed by atoms with Gasteiger partial charge in [-0.3, -0.25) is 9.59 Å². The number of nitrogens with zero attached hydrogens (tertiary/aromatic N) is 4. The predicted octanol–water partition coefficient (Wildman–Crippen LogP) is 5.09. The number of hydrogen-bond donors (Lipinski definition) is 1. The number of pyridine rings is 1. The van der Waals surface area contributed by atoms with E-state index in [1.165, 1.54) is 0 Å². The number of carbonyl (C=O) groups excluding carboxylic acids is 2. The van der Waals surface area contributed by atoms with Crippen LogP contribution in [0.25, 0.3) is 22.4 Å². The van der Waals surface area contributed by atoms with Crippen LogP contribution in [0.2, 0.25) is 0 Å². The summed E-state index contributed by atoms with van der Waals surface area (Å²) in [5, 5.41) is 7.50. The number of hydrogen-bond acceptors (Lipinski definition) is 7. The molecule has 170 valence electrons. The molecule has 0 aliphatic carbocycles. The van der Waals surface area contributed by atoms with Gasteiger partial charge in [-0.25, -0.2) is 9.97 Å². The molecule has 0 saturated carbocycles. The van der Waals surface area contributed by atoms with E-state index in [0.29, 0.717) is 45.1 Å². The van der Waals surface area contributed by atoms with Crippen LogP contribution in [0.3, 0.4) is 0 Å². The zero-order valence-corrected chi connectivity index (χ0v) is 19.9. The third kappa shape index (κ3) is 3.80. The molecular weight excluding hydrogens is 450 g/mol. The van der Waals surface area contributed by atoms with Crippen LogP contribution in [-0.2, 0) is 7.05 Å². The lowest BCUT2D eigenvalue weighted by atomic mass is 10.0. The fourth-order valence-corrected chi connectivity index (χ4v) is 4.85. The minimum Gasteiger partial charge on any atom is -0.335 e. The van der Waals surface area contributed by atoms with E-state index in [0.717, 1.165) is 15.3 Å². The second-order valence-corrected chi connectivity index (χ2v) is 9.51. The van der Waals surface area contributed by atoms with Crippen molar-refractivity contribution < 1.29 is 14.1 Å². The van der Waals surface area contributed by atoms with Gasteiger partial charge in [0.2, 0.25) is 5.78 Å². The number of ketones is 1. The Morgan fingerprint density at radius 3 is 2.50 bits per heavy atom. The van der Waals surface area contributed by atoms with E-state index in [4.69, 9.17) is 4.52 Å². The summed E-state index contributed by atoms with van der Waals surface area (Å²) < 4.78 is 7.07. The summed E-state index contributed by atoms with van der Waals surface area (Å²) in [6.07, 6.45) is 3.30. The number of anilines is 1. The van der Waals surface area contributed by atoms with E-state index in [2.05, 4.69) is 26.5 Å². The molecule has 9 heteroatoms. The molecule has 1 amide bonds. The molecule has 1 N–H and O–H groups in total. The highest BCUT2D eigenvalue weighted by Crippen LogP contribution is 2.33. The van der Waals surface area contributed by atoms with Gasteiger partial charge in [0, 0.05) is 46.0 Å². The number of carbonyl (C=O) groups is 2. The molecule has 0 bridgehead atoms. The van der Waals surface area contributed by atoms with Gasteiger partial charge in [-0.2, -0.15) is 0 Å². The monoisotopic (exact) mass is 471 g/mol. The average molecular weight is 472 g/mol.